The molecule has 1 heterocycles. The zero-order valence-corrected chi connectivity index (χ0v) is 13.9. The number of anilines is 1. The molecule has 0 aliphatic carbocycles. The third kappa shape index (κ3) is 4.54. The first-order valence-corrected chi connectivity index (χ1v) is 7.52. The number of benzene rings is 1. The second-order valence-corrected chi connectivity index (χ2v) is 5.76. The summed E-state index contributed by atoms with van der Waals surface area (Å²) in [5.41, 5.74) is 0.660. The smallest absolute Gasteiger partial charge is 0.357 e. The first kappa shape index (κ1) is 16.5. The van der Waals surface area contributed by atoms with Gasteiger partial charge in [-0.1, -0.05) is 27.5 Å². The fraction of sp³-hybridized carbons (Fsp3) is 0.133. The van der Waals surface area contributed by atoms with Gasteiger partial charge in [-0.2, -0.15) is 0 Å². The lowest BCUT2D eigenvalue weighted by Gasteiger charge is -2.13. The number of amides is 1. The van der Waals surface area contributed by atoms with E-state index in [0.29, 0.717) is 10.7 Å². The third-order valence-electron chi connectivity index (χ3n) is 2.70. The lowest BCUT2D eigenvalue weighted by molar-refractivity contribution is -0.123. The van der Waals surface area contributed by atoms with Crippen molar-refractivity contribution in [2.45, 2.75) is 13.0 Å². The molecule has 0 saturated carbocycles. The number of ether oxygens (including phenoxy) is 1. The number of carbonyl (C=O) groups excluding carboxylic acids is 2. The number of nitrogens with one attached hydrogen (secondary N) is 1. The maximum Gasteiger partial charge on any atom is 0.357 e. The highest BCUT2D eigenvalue weighted by Gasteiger charge is 2.20. The number of rotatable bonds is 4. The Morgan fingerprint density at radius 2 is 1.95 bits per heavy atom. The summed E-state index contributed by atoms with van der Waals surface area (Å²) >= 11 is 9.08. The van der Waals surface area contributed by atoms with Crippen LogP contribution in [0.2, 0.25) is 5.02 Å². The molecule has 1 amide bonds. The maximum atomic E-state index is 12.0. The highest BCUT2D eigenvalue weighted by Crippen LogP contribution is 2.15. The molecule has 0 aliphatic heterocycles. The quantitative estimate of drug-likeness (QED) is 0.818. The fourth-order valence-electron chi connectivity index (χ4n) is 1.57. The average molecular weight is 384 g/mol. The molecule has 0 spiro atoms. The van der Waals surface area contributed by atoms with Crippen molar-refractivity contribution in [3.05, 3.63) is 57.8 Å². The van der Waals surface area contributed by atoms with Gasteiger partial charge in [-0.3, -0.25) is 4.79 Å². The van der Waals surface area contributed by atoms with Gasteiger partial charge < -0.3 is 10.1 Å². The van der Waals surface area contributed by atoms with E-state index in [4.69, 9.17) is 16.3 Å². The average Bonchev–Trinajstić information content (AvgIpc) is 2.49. The van der Waals surface area contributed by atoms with Gasteiger partial charge in [-0.05, 0) is 43.3 Å². The lowest BCUT2D eigenvalue weighted by Crippen LogP contribution is -2.30. The van der Waals surface area contributed by atoms with E-state index in [1.165, 1.54) is 19.2 Å². The van der Waals surface area contributed by atoms with E-state index in [1.807, 2.05) is 0 Å². The number of esters is 1. The van der Waals surface area contributed by atoms with Crippen LogP contribution < -0.4 is 5.32 Å². The van der Waals surface area contributed by atoms with E-state index in [0.717, 1.165) is 4.47 Å². The fourth-order valence-corrected chi connectivity index (χ4v) is 1.99. The van der Waals surface area contributed by atoms with Crippen LogP contribution in [0.15, 0.2) is 47.1 Å². The van der Waals surface area contributed by atoms with Crippen molar-refractivity contribution < 1.29 is 14.3 Å². The summed E-state index contributed by atoms with van der Waals surface area (Å²) in [6.45, 7) is 1.48. The Morgan fingerprint density at radius 3 is 2.59 bits per heavy atom. The van der Waals surface area contributed by atoms with Crippen molar-refractivity contribution in [1.82, 2.24) is 4.98 Å². The second kappa shape index (κ2) is 7.38. The van der Waals surface area contributed by atoms with Crippen LogP contribution in [0, 0.1) is 0 Å². The normalized spacial score (nSPS) is 11.6. The van der Waals surface area contributed by atoms with Gasteiger partial charge in [-0.25, -0.2) is 9.78 Å². The zero-order valence-electron chi connectivity index (χ0n) is 11.5. The summed E-state index contributed by atoms with van der Waals surface area (Å²) in [7, 11) is 0. The third-order valence-corrected chi connectivity index (χ3v) is 3.46. The number of carbonyl (C=O) groups is 2. The topological polar surface area (TPSA) is 68.3 Å². The van der Waals surface area contributed by atoms with E-state index in [2.05, 4.69) is 26.2 Å². The van der Waals surface area contributed by atoms with Crippen molar-refractivity contribution in [2.75, 3.05) is 5.32 Å². The molecule has 22 heavy (non-hydrogen) atoms. The largest absolute Gasteiger partial charge is 0.448 e. The van der Waals surface area contributed by atoms with Crippen LogP contribution in [0.5, 0.6) is 0 Å². The minimum absolute atomic E-state index is 0.0517. The first-order valence-electron chi connectivity index (χ1n) is 6.34. The molecule has 0 radical (unpaired) electrons. The minimum atomic E-state index is -0.961. The molecule has 2 rings (SSSR count). The zero-order chi connectivity index (χ0) is 16.1. The summed E-state index contributed by atoms with van der Waals surface area (Å²) in [4.78, 5) is 27.7. The van der Waals surface area contributed by atoms with E-state index in [9.17, 15) is 9.59 Å². The number of halogens is 2. The molecule has 1 atom stereocenters. The van der Waals surface area contributed by atoms with Crippen molar-refractivity contribution >= 4 is 45.1 Å². The van der Waals surface area contributed by atoms with Crippen molar-refractivity contribution in [1.29, 1.82) is 0 Å². The SMILES string of the molecule is C[C@@H](OC(=O)c1cc(Cl)ccn1)C(=O)Nc1ccc(Br)cc1. The minimum Gasteiger partial charge on any atom is -0.448 e. The second-order valence-electron chi connectivity index (χ2n) is 4.40. The Hall–Kier alpha value is -1.92. The molecule has 7 heteroatoms. The molecule has 0 unspecified atom stereocenters. The molecule has 0 saturated heterocycles. The first-order chi connectivity index (χ1) is 10.5. The van der Waals surface area contributed by atoms with Crippen LogP contribution in [-0.2, 0) is 9.53 Å². The molecule has 0 bridgehead atoms. The molecule has 0 fully saturated rings. The monoisotopic (exact) mass is 382 g/mol. The summed E-state index contributed by atoms with van der Waals surface area (Å²) in [5, 5.41) is 3.02. The molecule has 1 aromatic carbocycles. The predicted molar refractivity (Wildman–Crippen MR) is 86.9 cm³/mol. The summed E-state index contributed by atoms with van der Waals surface area (Å²) in [6.07, 6.45) is 0.433. The highest BCUT2D eigenvalue weighted by atomic mass is 79.9. The molecule has 1 N–H and O–H groups in total. The van der Waals surface area contributed by atoms with Crippen LogP contribution in [0.4, 0.5) is 5.69 Å². The standard InChI is InChI=1S/C15H12BrClN2O3/c1-9(14(20)19-12-4-2-10(16)3-5-12)22-15(21)13-8-11(17)6-7-18-13/h2-9H,1H3,(H,19,20)/t9-/m1/s1. The number of nitrogens with zero attached hydrogens (tertiary/aromatic N) is 1. The Balaban J connectivity index is 1.96. The van der Waals surface area contributed by atoms with Gasteiger partial charge in [-0.15, -0.1) is 0 Å². The maximum absolute atomic E-state index is 12.0. The van der Waals surface area contributed by atoms with Crippen LogP contribution in [-0.4, -0.2) is 23.0 Å². The number of aromatic nitrogens is 1. The Kier molecular flexibility index (Phi) is 5.51. The van der Waals surface area contributed by atoms with Gasteiger partial charge in [0.1, 0.15) is 5.69 Å². The van der Waals surface area contributed by atoms with Crippen molar-refractivity contribution in [3.8, 4) is 0 Å². The summed E-state index contributed by atoms with van der Waals surface area (Å²) in [5.74, 6) is -1.14. The Labute approximate surface area is 140 Å². The van der Waals surface area contributed by atoms with Gasteiger partial charge in [0.2, 0.25) is 0 Å². The van der Waals surface area contributed by atoms with Crippen LogP contribution >= 0.6 is 27.5 Å². The van der Waals surface area contributed by atoms with Crippen LogP contribution in [0.25, 0.3) is 0 Å². The van der Waals surface area contributed by atoms with Gasteiger partial charge in [0.25, 0.3) is 5.91 Å². The molecule has 0 aliphatic rings. The van der Waals surface area contributed by atoms with Crippen LogP contribution in [0.3, 0.4) is 0 Å². The van der Waals surface area contributed by atoms with Gasteiger partial charge in [0.15, 0.2) is 6.10 Å². The van der Waals surface area contributed by atoms with E-state index in [1.54, 1.807) is 30.3 Å². The molecule has 2 aromatic rings. The molecule has 114 valence electrons. The Bertz CT molecular complexity index is 691. The van der Waals surface area contributed by atoms with E-state index >= 15 is 0 Å². The summed E-state index contributed by atoms with van der Waals surface area (Å²) < 4.78 is 5.97. The van der Waals surface area contributed by atoms with Gasteiger partial charge in [0, 0.05) is 21.4 Å². The van der Waals surface area contributed by atoms with Crippen molar-refractivity contribution in [3.63, 3.8) is 0 Å². The van der Waals surface area contributed by atoms with Gasteiger partial charge >= 0.3 is 5.97 Å². The van der Waals surface area contributed by atoms with Gasteiger partial charge in [0.05, 0.1) is 0 Å². The van der Waals surface area contributed by atoms with Crippen LogP contribution in [0.1, 0.15) is 17.4 Å². The highest BCUT2D eigenvalue weighted by molar-refractivity contribution is 9.10. The number of hydrogen-bond donors (Lipinski definition) is 1. The molecular formula is C15H12BrClN2O3. The predicted octanol–water partition coefficient (Wildman–Crippen LogP) is 3.68. The number of hydrogen-bond acceptors (Lipinski definition) is 4. The van der Waals surface area contributed by atoms with E-state index in [-0.39, 0.29) is 5.69 Å². The van der Waals surface area contributed by atoms with E-state index < -0.39 is 18.0 Å². The molecule has 1 aromatic heterocycles. The summed E-state index contributed by atoms with van der Waals surface area (Å²) in [6, 6.07) is 9.97. The number of pyridine rings is 1. The Morgan fingerprint density at radius 1 is 1.27 bits per heavy atom. The molecule has 5 nitrogen and oxygen atoms in total. The molecular weight excluding hydrogens is 372 g/mol. The van der Waals surface area contributed by atoms with Crippen molar-refractivity contribution in [2.24, 2.45) is 0 Å². The lowest BCUT2D eigenvalue weighted by atomic mass is 10.3.